The van der Waals surface area contributed by atoms with Crippen LogP contribution in [-0.4, -0.2) is 29.1 Å². The van der Waals surface area contributed by atoms with Gasteiger partial charge in [0.2, 0.25) is 0 Å². The smallest absolute Gasteiger partial charge is 0.303 e. The van der Waals surface area contributed by atoms with Gasteiger partial charge in [-0.25, -0.2) is 0 Å². The maximum atomic E-state index is 10.7. The van der Waals surface area contributed by atoms with Gasteiger partial charge in [-0.3, -0.25) is 9.69 Å². The molecule has 1 fully saturated rings. The molecule has 1 unspecified atom stereocenters. The van der Waals surface area contributed by atoms with Crippen molar-refractivity contribution in [2.24, 2.45) is 5.92 Å². The molecule has 2 aliphatic rings. The lowest BCUT2D eigenvalue weighted by molar-refractivity contribution is -0.140. The number of fused-ring (bicyclic) bond motifs is 1. The van der Waals surface area contributed by atoms with Gasteiger partial charge in [-0.2, -0.15) is 0 Å². The van der Waals surface area contributed by atoms with Crippen LogP contribution < -0.4 is 0 Å². The van der Waals surface area contributed by atoms with Gasteiger partial charge in [-0.15, -0.1) is 0 Å². The standard InChI is InChI=1S/C15H19NO2/c17-15(18)8-11-9-16(10-11)14-7-3-5-12-4-1-2-6-13(12)14/h1-2,4,6,11,14H,3,5,7-10H2,(H,17,18). The van der Waals surface area contributed by atoms with Gasteiger partial charge in [0, 0.05) is 19.1 Å². The van der Waals surface area contributed by atoms with Crippen LogP contribution in [0, 0.1) is 5.92 Å². The summed E-state index contributed by atoms with van der Waals surface area (Å²) < 4.78 is 0. The zero-order valence-corrected chi connectivity index (χ0v) is 10.5. The molecule has 1 heterocycles. The van der Waals surface area contributed by atoms with Crippen LogP contribution in [0.25, 0.3) is 0 Å². The van der Waals surface area contributed by atoms with Crippen LogP contribution in [0.4, 0.5) is 0 Å². The summed E-state index contributed by atoms with van der Waals surface area (Å²) in [6.45, 7) is 1.90. The van der Waals surface area contributed by atoms with E-state index in [0.717, 1.165) is 13.1 Å². The second-order valence-corrected chi connectivity index (χ2v) is 5.52. The first-order valence-corrected chi connectivity index (χ1v) is 6.77. The predicted molar refractivity (Wildman–Crippen MR) is 69.4 cm³/mol. The van der Waals surface area contributed by atoms with E-state index in [9.17, 15) is 4.79 Å². The number of carbonyl (C=O) groups is 1. The third-order valence-corrected chi connectivity index (χ3v) is 4.23. The van der Waals surface area contributed by atoms with Crippen molar-refractivity contribution in [3.05, 3.63) is 35.4 Å². The van der Waals surface area contributed by atoms with E-state index in [1.165, 1.54) is 30.4 Å². The van der Waals surface area contributed by atoms with E-state index in [1.54, 1.807) is 0 Å². The van der Waals surface area contributed by atoms with Crippen LogP contribution >= 0.6 is 0 Å². The Morgan fingerprint density at radius 3 is 2.89 bits per heavy atom. The molecular formula is C15H19NO2. The van der Waals surface area contributed by atoms with Crippen LogP contribution in [0.15, 0.2) is 24.3 Å². The lowest BCUT2D eigenvalue weighted by atomic mass is 9.83. The van der Waals surface area contributed by atoms with Crippen LogP contribution in [0.1, 0.15) is 36.4 Å². The second-order valence-electron chi connectivity index (χ2n) is 5.52. The summed E-state index contributed by atoms with van der Waals surface area (Å²) in [5, 5.41) is 8.78. The molecule has 1 saturated heterocycles. The van der Waals surface area contributed by atoms with Crippen molar-refractivity contribution in [3.63, 3.8) is 0 Å². The summed E-state index contributed by atoms with van der Waals surface area (Å²) in [6, 6.07) is 9.23. The molecular weight excluding hydrogens is 226 g/mol. The summed E-state index contributed by atoms with van der Waals surface area (Å²) in [5.41, 5.74) is 2.95. The SMILES string of the molecule is O=C(O)CC1CN(C2CCCc3ccccc32)C1. The fraction of sp³-hybridized carbons (Fsp3) is 0.533. The van der Waals surface area contributed by atoms with Crippen molar-refractivity contribution >= 4 is 5.97 Å². The first kappa shape index (κ1) is 11.7. The molecule has 1 N–H and O–H groups in total. The molecule has 18 heavy (non-hydrogen) atoms. The highest BCUT2D eigenvalue weighted by molar-refractivity contribution is 5.67. The molecule has 0 saturated carbocycles. The van der Waals surface area contributed by atoms with Crippen molar-refractivity contribution in [2.75, 3.05) is 13.1 Å². The number of nitrogens with zero attached hydrogens (tertiary/aromatic N) is 1. The van der Waals surface area contributed by atoms with Crippen molar-refractivity contribution in [1.82, 2.24) is 4.90 Å². The molecule has 0 aromatic heterocycles. The van der Waals surface area contributed by atoms with E-state index < -0.39 is 5.97 Å². The van der Waals surface area contributed by atoms with Crippen molar-refractivity contribution < 1.29 is 9.90 Å². The van der Waals surface area contributed by atoms with Gasteiger partial charge in [0.25, 0.3) is 0 Å². The van der Waals surface area contributed by atoms with Gasteiger partial charge in [-0.1, -0.05) is 24.3 Å². The largest absolute Gasteiger partial charge is 0.481 e. The first-order valence-electron chi connectivity index (χ1n) is 6.77. The van der Waals surface area contributed by atoms with Crippen molar-refractivity contribution in [2.45, 2.75) is 31.7 Å². The molecule has 0 amide bonds. The van der Waals surface area contributed by atoms with Gasteiger partial charge in [0.15, 0.2) is 0 Å². The van der Waals surface area contributed by atoms with Crippen LogP contribution in [0.2, 0.25) is 0 Å². The predicted octanol–water partition coefficient (Wildman–Crippen LogP) is 2.47. The second kappa shape index (κ2) is 4.73. The number of carboxylic acid groups (broad SMARTS) is 1. The van der Waals surface area contributed by atoms with Gasteiger partial charge >= 0.3 is 5.97 Å². The number of rotatable bonds is 3. The Balaban J connectivity index is 1.67. The van der Waals surface area contributed by atoms with Crippen molar-refractivity contribution in [1.29, 1.82) is 0 Å². The molecule has 3 rings (SSSR count). The molecule has 3 nitrogen and oxygen atoms in total. The minimum absolute atomic E-state index is 0.324. The zero-order chi connectivity index (χ0) is 12.5. The molecule has 1 aromatic rings. The van der Waals surface area contributed by atoms with E-state index in [2.05, 4.69) is 29.2 Å². The fourth-order valence-corrected chi connectivity index (χ4v) is 3.35. The Morgan fingerprint density at radius 1 is 1.33 bits per heavy atom. The van der Waals surface area contributed by atoms with E-state index in [1.807, 2.05) is 0 Å². The van der Waals surface area contributed by atoms with E-state index >= 15 is 0 Å². The maximum Gasteiger partial charge on any atom is 0.303 e. The Labute approximate surface area is 107 Å². The highest BCUT2D eigenvalue weighted by Crippen LogP contribution is 2.38. The monoisotopic (exact) mass is 245 g/mol. The van der Waals surface area contributed by atoms with Gasteiger partial charge < -0.3 is 5.11 Å². The van der Waals surface area contributed by atoms with Crippen molar-refractivity contribution in [3.8, 4) is 0 Å². The number of likely N-dealkylation sites (tertiary alicyclic amines) is 1. The molecule has 1 aliphatic heterocycles. The Morgan fingerprint density at radius 2 is 2.11 bits per heavy atom. The highest BCUT2D eigenvalue weighted by atomic mass is 16.4. The molecule has 1 aromatic carbocycles. The minimum Gasteiger partial charge on any atom is -0.481 e. The number of hydrogen-bond donors (Lipinski definition) is 1. The fourth-order valence-electron chi connectivity index (χ4n) is 3.35. The number of hydrogen-bond acceptors (Lipinski definition) is 2. The molecule has 0 spiro atoms. The number of benzene rings is 1. The Hall–Kier alpha value is -1.35. The van der Waals surface area contributed by atoms with Crippen LogP contribution in [0.3, 0.4) is 0 Å². The summed E-state index contributed by atoms with van der Waals surface area (Å²) in [6.07, 6.45) is 3.99. The average molecular weight is 245 g/mol. The normalized spacial score (nSPS) is 24.3. The third kappa shape index (κ3) is 2.15. The summed E-state index contributed by atoms with van der Waals surface area (Å²) in [4.78, 5) is 13.1. The number of aryl methyl sites for hydroxylation is 1. The Kier molecular flexibility index (Phi) is 3.08. The quantitative estimate of drug-likeness (QED) is 0.889. The van der Waals surface area contributed by atoms with Gasteiger partial charge in [-0.05, 0) is 36.3 Å². The molecule has 3 heteroatoms. The van der Waals surface area contributed by atoms with E-state index in [4.69, 9.17) is 5.11 Å². The topological polar surface area (TPSA) is 40.5 Å². The number of carboxylic acids is 1. The van der Waals surface area contributed by atoms with E-state index in [-0.39, 0.29) is 0 Å². The molecule has 0 radical (unpaired) electrons. The van der Waals surface area contributed by atoms with Gasteiger partial charge in [0.05, 0.1) is 6.42 Å². The lowest BCUT2D eigenvalue weighted by Gasteiger charge is -2.46. The number of aliphatic carboxylic acids is 1. The highest BCUT2D eigenvalue weighted by Gasteiger charge is 2.35. The molecule has 1 atom stereocenters. The lowest BCUT2D eigenvalue weighted by Crippen LogP contribution is -2.49. The summed E-state index contributed by atoms with van der Waals surface area (Å²) >= 11 is 0. The molecule has 96 valence electrons. The van der Waals surface area contributed by atoms with E-state index in [0.29, 0.717) is 18.4 Å². The molecule has 0 bridgehead atoms. The van der Waals surface area contributed by atoms with Gasteiger partial charge in [0.1, 0.15) is 0 Å². The first-order chi connectivity index (χ1) is 8.74. The Bertz CT molecular complexity index is 452. The zero-order valence-electron chi connectivity index (χ0n) is 10.5. The summed E-state index contributed by atoms with van der Waals surface area (Å²) in [5.74, 6) is -0.305. The molecule has 1 aliphatic carbocycles. The maximum absolute atomic E-state index is 10.7. The minimum atomic E-state index is -0.663. The third-order valence-electron chi connectivity index (χ3n) is 4.23. The summed E-state index contributed by atoms with van der Waals surface area (Å²) in [7, 11) is 0. The average Bonchev–Trinajstić information content (AvgIpc) is 2.32. The van der Waals surface area contributed by atoms with Crippen LogP contribution in [-0.2, 0) is 11.2 Å². The van der Waals surface area contributed by atoms with Crippen LogP contribution in [0.5, 0.6) is 0 Å².